The quantitative estimate of drug-likeness (QED) is 0.189. The highest BCUT2D eigenvalue weighted by Crippen LogP contribution is 2.41. The average molecular weight is 560 g/mol. The minimum atomic E-state index is -1.12. The SMILES string of the molecule is Nc1ncnc2c1nc(CCCC(=O)CCCCC1SCC3NC(=O)NC31)n2[C@@H]1O[C@H](CC2CC2)C(O)[C@@H]1O. The van der Waals surface area contributed by atoms with E-state index in [9.17, 15) is 19.8 Å². The first-order chi connectivity index (χ1) is 18.9. The number of rotatable bonds is 12. The highest BCUT2D eigenvalue weighted by Gasteiger charge is 2.47. The largest absolute Gasteiger partial charge is 0.388 e. The van der Waals surface area contributed by atoms with E-state index in [2.05, 4.69) is 25.6 Å². The number of nitrogens with zero attached hydrogens (tertiary/aromatic N) is 4. The number of amides is 2. The number of nitrogens with two attached hydrogens (primary N) is 1. The smallest absolute Gasteiger partial charge is 0.315 e. The molecule has 13 heteroatoms. The van der Waals surface area contributed by atoms with Gasteiger partial charge in [0.2, 0.25) is 0 Å². The van der Waals surface area contributed by atoms with Gasteiger partial charge in [0, 0.05) is 30.3 Å². The number of carbonyl (C=O) groups is 2. The minimum Gasteiger partial charge on any atom is -0.388 e. The summed E-state index contributed by atoms with van der Waals surface area (Å²) in [5.74, 6) is 2.53. The van der Waals surface area contributed by atoms with Gasteiger partial charge >= 0.3 is 6.03 Å². The van der Waals surface area contributed by atoms with E-state index in [-0.39, 0.29) is 29.7 Å². The van der Waals surface area contributed by atoms with Crippen molar-refractivity contribution in [3.63, 3.8) is 0 Å². The summed E-state index contributed by atoms with van der Waals surface area (Å²) in [4.78, 5) is 37.2. The number of Topliss-reactive ketones (excluding diaryl/α,β-unsaturated/α-hetero) is 1. The molecule has 2 aromatic rings. The summed E-state index contributed by atoms with van der Waals surface area (Å²) in [6.07, 6.45) is 5.74. The van der Waals surface area contributed by atoms with Crippen molar-refractivity contribution in [1.82, 2.24) is 30.2 Å². The van der Waals surface area contributed by atoms with Gasteiger partial charge in [-0.05, 0) is 31.6 Å². The van der Waals surface area contributed by atoms with E-state index in [0.717, 1.165) is 37.9 Å². The maximum atomic E-state index is 12.6. The molecule has 3 aliphatic heterocycles. The molecule has 4 unspecified atom stereocenters. The second kappa shape index (κ2) is 11.2. The molecule has 39 heavy (non-hydrogen) atoms. The molecule has 7 atom stereocenters. The predicted molar refractivity (Wildman–Crippen MR) is 145 cm³/mol. The summed E-state index contributed by atoms with van der Waals surface area (Å²) in [7, 11) is 0. The standard InChI is InChI=1S/C26H37N7O5S/c27-23-20-24(29-12-28-23)33(25-22(36)21(35)16(38-25)10-13-8-9-13)18(31-20)7-3-5-14(34)4-1-2-6-17-19-15(11-39-17)30-26(37)32-19/h12-13,15-17,19,21-22,25,35-36H,1-11H2,(H2,27,28,29)(H2,30,32,37)/t15?,16-,17?,19?,21?,22+,25-/m1/s1. The number of carbonyl (C=O) groups excluding carboxylic acids is 2. The van der Waals surface area contributed by atoms with E-state index in [1.165, 1.54) is 6.33 Å². The van der Waals surface area contributed by atoms with Crippen molar-refractivity contribution in [1.29, 1.82) is 0 Å². The van der Waals surface area contributed by atoms with Crippen LogP contribution < -0.4 is 16.4 Å². The lowest BCUT2D eigenvalue weighted by Gasteiger charge is -2.19. The van der Waals surface area contributed by atoms with Crippen LogP contribution in [-0.2, 0) is 16.0 Å². The summed E-state index contributed by atoms with van der Waals surface area (Å²) in [5.41, 5.74) is 6.94. The number of ketones is 1. The fourth-order valence-corrected chi connectivity index (χ4v) is 7.66. The van der Waals surface area contributed by atoms with Crippen LogP contribution in [0.5, 0.6) is 0 Å². The van der Waals surface area contributed by atoms with E-state index in [4.69, 9.17) is 10.5 Å². The van der Waals surface area contributed by atoms with Crippen molar-refractivity contribution < 1.29 is 24.5 Å². The fraction of sp³-hybridized carbons (Fsp3) is 0.731. The number of unbranched alkanes of at least 4 members (excludes halogenated alkanes) is 1. The molecule has 6 rings (SSSR count). The number of aryl methyl sites for hydroxylation is 1. The zero-order valence-electron chi connectivity index (χ0n) is 21.9. The number of hydrogen-bond donors (Lipinski definition) is 5. The molecule has 212 valence electrons. The summed E-state index contributed by atoms with van der Waals surface area (Å²) >= 11 is 1.89. The highest BCUT2D eigenvalue weighted by atomic mass is 32.2. The molecule has 4 fully saturated rings. The van der Waals surface area contributed by atoms with Crippen LogP contribution in [0, 0.1) is 5.92 Å². The zero-order valence-corrected chi connectivity index (χ0v) is 22.7. The molecule has 0 aromatic carbocycles. The van der Waals surface area contributed by atoms with Gasteiger partial charge in [0.1, 0.15) is 30.1 Å². The Kier molecular flexibility index (Phi) is 7.66. The molecule has 3 saturated heterocycles. The molecule has 2 aromatic heterocycles. The number of anilines is 1. The Hall–Kier alpha value is -2.48. The molecule has 2 amide bonds. The first-order valence-electron chi connectivity index (χ1n) is 14.1. The Labute approximate surface area is 230 Å². The number of nitrogens with one attached hydrogen (secondary N) is 2. The lowest BCUT2D eigenvalue weighted by Crippen LogP contribution is -2.36. The number of thioether (sulfide) groups is 1. The van der Waals surface area contributed by atoms with Gasteiger partial charge in [-0.3, -0.25) is 9.36 Å². The van der Waals surface area contributed by atoms with Crippen molar-refractivity contribution >= 4 is 40.6 Å². The van der Waals surface area contributed by atoms with Gasteiger partial charge in [-0.25, -0.2) is 19.7 Å². The fourth-order valence-electron chi connectivity index (χ4n) is 6.11. The number of aliphatic hydroxyl groups is 2. The van der Waals surface area contributed by atoms with E-state index < -0.39 is 24.5 Å². The Morgan fingerprint density at radius 3 is 2.79 bits per heavy atom. The highest BCUT2D eigenvalue weighted by molar-refractivity contribution is 8.00. The zero-order chi connectivity index (χ0) is 27.1. The summed E-state index contributed by atoms with van der Waals surface area (Å²) in [5, 5.41) is 27.9. The molecule has 4 aliphatic rings. The molecular weight excluding hydrogens is 522 g/mol. The normalized spacial score (nSPS) is 31.9. The number of imidazole rings is 1. The van der Waals surface area contributed by atoms with Gasteiger partial charge < -0.3 is 31.3 Å². The average Bonchev–Trinajstić information content (AvgIpc) is 3.23. The number of hydrogen-bond acceptors (Lipinski definition) is 10. The molecule has 1 saturated carbocycles. The molecule has 0 radical (unpaired) electrons. The lowest BCUT2D eigenvalue weighted by atomic mass is 10.0. The third-order valence-electron chi connectivity index (χ3n) is 8.42. The molecule has 12 nitrogen and oxygen atoms in total. The number of aromatic nitrogens is 4. The van der Waals surface area contributed by atoms with Crippen LogP contribution in [-0.4, -0.2) is 82.9 Å². The van der Waals surface area contributed by atoms with Crippen LogP contribution in [0.15, 0.2) is 6.33 Å². The van der Waals surface area contributed by atoms with Crippen LogP contribution in [0.3, 0.4) is 0 Å². The summed E-state index contributed by atoms with van der Waals surface area (Å²) < 4.78 is 7.89. The van der Waals surface area contributed by atoms with Crippen molar-refractivity contribution in [2.75, 3.05) is 11.5 Å². The number of urea groups is 1. The Morgan fingerprint density at radius 2 is 1.97 bits per heavy atom. The number of fused-ring (bicyclic) bond motifs is 2. The molecule has 1 aliphatic carbocycles. The second-order valence-electron chi connectivity index (χ2n) is 11.3. The molecule has 6 N–H and O–H groups in total. The Morgan fingerprint density at radius 1 is 1.15 bits per heavy atom. The van der Waals surface area contributed by atoms with Crippen LogP contribution in [0.2, 0.25) is 0 Å². The van der Waals surface area contributed by atoms with Gasteiger partial charge in [-0.15, -0.1) is 0 Å². The minimum absolute atomic E-state index is 0.0722. The lowest BCUT2D eigenvalue weighted by molar-refractivity contribution is -0.119. The Bertz CT molecular complexity index is 1220. The van der Waals surface area contributed by atoms with E-state index in [1.54, 1.807) is 4.57 Å². The maximum Gasteiger partial charge on any atom is 0.315 e. The summed E-state index contributed by atoms with van der Waals surface area (Å²) in [6, 6.07) is 0.350. The van der Waals surface area contributed by atoms with Gasteiger partial charge in [-0.2, -0.15) is 11.8 Å². The van der Waals surface area contributed by atoms with E-state index in [0.29, 0.717) is 60.3 Å². The molecule has 5 heterocycles. The van der Waals surface area contributed by atoms with E-state index in [1.807, 2.05) is 11.8 Å². The predicted octanol–water partition coefficient (Wildman–Crippen LogP) is 1.45. The van der Waals surface area contributed by atoms with Crippen LogP contribution in [0.25, 0.3) is 11.2 Å². The van der Waals surface area contributed by atoms with Crippen LogP contribution in [0.4, 0.5) is 10.6 Å². The first kappa shape index (κ1) is 26.7. The summed E-state index contributed by atoms with van der Waals surface area (Å²) in [6.45, 7) is 0. The van der Waals surface area contributed by atoms with Crippen molar-refractivity contribution in [3.8, 4) is 0 Å². The van der Waals surface area contributed by atoms with Crippen molar-refractivity contribution in [2.24, 2.45) is 5.92 Å². The topological polar surface area (TPSA) is 178 Å². The van der Waals surface area contributed by atoms with Crippen LogP contribution >= 0.6 is 11.8 Å². The third-order valence-corrected chi connectivity index (χ3v) is 9.93. The second-order valence-corrected chi connectivity index (χ2v) is 12.6. The third kappa shape index (κ3) is 5.59. The van der Waals surface area contributed by atoms with Gasteiger partial charge in [-0.1, -0.05) is 19.3 Å². The van der Waals surface area contributed by atoms with Gasteiger partial charge in [0.05, 0.1) is 18.2 Å². The first-order valence-corrected chi connectivity index (χ1v) is 15.1. The van der Waals surface area contributed by atoms with Crippen molar-refractivity contribution in [3.05, 3.63) is 12.2 Å². The van der Waals surface area contributed by atoms with E-state index >= 15 is 0 Å². The van der Waals surface area contributed by atoms with Gasteiger partial charge in [0.25, 0.3) is 0 Å². The van der Waals surface area contributed by atoms with Gasteiger partial charge in [0.15, 0.2) is 23.2 Å². The monoisotopic (exact) mass is 559 g/mol. The molecule has 0 spiro atoms. The molecule has 0 bridgehead atoms. The number of ether oxygens (including phenoxy) is 1. The number of nitrogen functional groups attached to an aromatic ring is 1. The molecular formula is C26H37N7O5S. The maximum absolute atomic E-state index is 12.6. The van der Waals surface area contributed by atoms with Crippen molar-refractivity contribution in [2.45, 2.75) is 106 Å². The van der Waals surface area contributed by atoms with Crippen LogP contribution in [0.1, 0.15) is 69.8 Å². The Balaban J connectivity index is 1.03. The number of aliphatic hydroxyl groups excluding tert-OH is 2.